The molecule has 5 nitrogen and oxygen atoms in total. The van der Waals surface area contributed by atoms with Crippen molar-refractivity contribution in [2.45, 2.75) is 122 Å². The summed E-state index contributed by atoms with van der Waals surface area (Å²) in [6, 6.07) is 17.5. The van der Waals surface area contributed by atoms with E-state index in [1.807, 2.05) is 25.0 Å². The molecule has 3 aliphatic carbocycles. The van der Waals surface area contributed by atoms with Gasteiger partial charge in [-0.1, -0.05) is 49.6 Å². The van der Waals surface area contributed by atoms with E-state index >= 15 is 0 Å². The third-order valence-corrected chi connectivity index (χ3v) is 11.9. The molecule has 4 atom stereocenters. The first-order chi connectivity index (χ1) is 22.4. The van der Waals surface area contributed by atoms with E-state index in [1.54, 1.807) is 0 Å². The third kappa shape index (κ3) is 8.24. The number of hydrogen-bond donors (Lipinski definition) is 0. The molecule has 0 spiro atoms. The average Bonchev–Trinajstić information content (AvgIpc) is 3.09. The lowest BCUT2D eigenvalue weighted by Crippen LogP contribution is -2.43. The van der Waals surface area contributed by atoms with Crippen LogP contribution in [0, 0.1) is 23.7 Å². The van der Waals surface area contributed by atoms with Gasteiger partial charge in [0, 0.05) is 38.1 Å². The van der Waals surface area contributed by atoms with Gasteiger partial charge in [-0.25, -0.2) is 0 Å². The van der Waals surface area contributed by atoms with Crippen molar-refractivity contribution in [2.75, 3.05) is 26.8 Å². The van der Waals surface area contributed by atoms with Gasteiger partial charge < -0.3 is 14.4 Å². The van der Waals surface area contributed by atoms with E-state index in [-0.39, 0.29) is 23.0 Å². The van der Waals surface area contributed by atoms with Gasteiger partial charge >= 0.3 is 0 Å². The van der Waals surface area contributed by atoms with Crippen LogP contribution in [0.25, 0.3) is 0 Å². The number of hydrogen-bond acceptors (Lipinski definition) is 4. The number of Topliss-reactive ketones (excluding diaryl/α,β-unsaturated/α-hetero) is 1. The second kappa shape index (κ2) is 16.4. The molecule has 3 unspecified atom stereocenters. The maximum Gasteiger partial charge on any atom is 0.225 e. The Labute approximate surface area is 278 Å². The zero-order valence-electron chi connectivity index (χ0n) is 29.1. The van der Waals surface area contributed by atoms with Gasteiger partial charge in [0.1, 0.15) is 5.75 Å². The van der Waals surface area contributed by atoms with Crippen molar-refractivity contribution >= 4 is 11.7 Å². The van der Waals surface area contributed by atoms with Crippen LogP contribution in [-0.4, -0.2) is 49.5 Å². The summed E-state index contributed by atoms with van der Waals surface area (Å²) in [5.41, 5.74) is 3.80. The van der Waals surface area contributed by atoms with E-state index in [1.165, 1.54) is 49.7 Å². The molecule has 5 heteroatoms. The largest absolute Gasteiger partial charge is 0.494 e. The second-order valence-corrected chi connectivity index (χ2v) is 14.6. The second-order valence-electron chi connectivity index (χ2n) is 14.6. The first-order valence-electron chi connectivity index (χ1n) is 18.6. The van der Waals surface area contributed by atoms with Crippen molar-refractivity contribution in [3.05, 3.63) is 65.2 Å². The molecular formula is C41H59NO4. The number of carbonyl (C=O) groups is 2. The van der Waals surface area contributed by atoms with E-state index in [0.29, 0.717) is 36.9 Å². The molecule has 0 N–H and O–H groups in total. The van der Waals surface area contributed by atoms with E-state index in [2.05, 4.69) is 56.3 Å². The Morgan fingerprint density at radius 3 is 2.30 bits per heavy atom. The highest BCUT2D eigenvalue weighted by Gasteiger charge is 2.45. The Morgan fingerprint density at radius 2 is 1.61 bits per heavy atom. The molecule has 0 saturated heterocycles. The van der Waals surface area contributed by atoms with Crippen molar-refractivity contribution in [1.29, 1.82) is 0 Å². The Hall–Kier alpha value is -2.66. The fourth-order valence-corrected chi connectivity index (χ4v) is 9.45. The number of methoxy groups -OCH3 is 1. The molecular weight excluding hydrogens is 570 g/mol. The predicted molar refractivity (Wildman–Crippen MR) is 186 cm³/mol. The van der Waals surface area contributed by atoms with Crippen molar-refractivity contribution in [3.63, 3.8) is 0 Å². The zero-order valence-corrected chi connectivity index (χ0v) is 29.1. The Bertz CT molecular complexity index is 1260. The fourth-order valence-electron chi connectivity index (χ4n) is 9.45. The number of rotatable bonds is 13. The van der Waals surface area contributed by atoms with Crippen LogP contribution in [0.15, 0.2) is 48.5 Å². The fraction of sp³-hybridized carbons (Fsp3) is 0.659. The van der Waals surface area contributed by atoms with E-state index < -0.39 is 0 Å². The first kappa shape index (κ1) is 34.7. The van der Waals surface area contributed by atoms with Gasteiger partial charge in [-0.05, 0) is 137 Å². The summed E-state index contributed by atoms with van der Waals surface area (Å²) in [4.78, 5) is 28.6. The molecule has 5 rings (SSSR count). The molecule has 1 amide bonds. The molecule has 2 aromatic rings. The highest BCUT2D eigenvalue weighted by molar-refractivity contribution is 5.96. The van der Waals surface area contributed by atoms with Gasteiger partial charge in [-0.2, -0.15) is 0 Å². The van der Waals surface area contributed by atoms with E-state index in [0.717, 1.165) is 69.3 Å². The number of nitrogens with zero attached hydrogens (tertiary/aromatic N) is 1. The molecule has 2 aromatic carbocycles. The molecule has 0 aliphatic heterocycles. The molecule has 3 aliphatic rings. The number of amides is 1. The highest BCUT2D eigenvalue weighted by atomic mass is 16.5. The van der Waals surface area contributed by atoms with Gasteiger partial charge in [0.2, 0.25) is 5.91 Å². The SMILES string of the molecule is CCOc1ccc(C2(C3CCC(OC)CC3)CCC[C@H](Cc3cccc(C(=O)CC4CCCC(C(=O)N(CC)CC)C4)c3)C2)cc1. The number of ketones is 1. The summed E-state index contributed by atoms with van der Waals surface area (Å²) in [5, 5.41) is 0. The predicted octanol–water partition coefficient (Wildman–Crippen LogP) is 9.21. The van der Waals surface area contributed by atoms with Gasteiger partial charge in [-0.15, -0.1) is 0 Å². The van der Waals surface area contributed by atoms with Crippen LogP contribution in [0.5, 0.6) is 5.75 Å². The van der Waals surface area contributed by atoms with Crippen molar-refractivity contribution in [1.82, 2.24) is 4.90 Å². The molecule has 0 aromatic heterocycles. The smallest absolute Gasteiger partial charge is 0.225 e. The minimum absolute atomic E-state index is 0.0734. The molecule has 46 heavy (non-hydrogen) atoms. The molecule has 0 radical (unpaired) electrons. The zero-order chi connectivity index (χ0) is 32.5. The lowest BCUT2D eigenvalue weighted by atomic mass is 9.56. The van der Waals surface area contributed by atoms with Crippen LogP contribution >= 0.6 is 0 Å². The third-order valence-electron chi connectivity index (χ3n) is 11.9. The van der Waals surface area contributed by atoms with Crippen molar-refractivity contribution < 1.29 is 19.1 Å². The summed E-state index contributed by atoms with van der Waals surface area (Å²) in [7, 11) is 1.86. The van der Waals surface area contributed by atoms with Crippen LogP contribution in [0.4, 0.5) is 0 Å². The van der Waals surface area contributed by atoms with E-state index in [9.17, 15) is 9.59 Å². The summed E-state index contributed by atoms with van der Waals surface area (Å²) in [5.74, 6) is 3.11. The number of benzene rings is 2. The Morgan fingerprint density at radius 1 is 0.870 bits per heavy atom. The molecule has 3 saturated carbocycles. The lowest BCUT2D eigenvalue weighted by Gasteiger charge is -2.49. The molecule has 0 bridgehead atoms. The van der Waals surface area contributed by atoms with Gasteiger partial charge in [-0.3, -0.25) is 9.59 Å². The topological polar surface area (TPSA) is 55.8 Å². The van der Waals surface area contributed by atoms with Crippen LogP contribution in [-0.2, 0) is 21.4 Å². The Kier molecular flexibility index (Phi) is 12.4. The number of carbonyl (C=O) groups excluding carboxylic acids is 2. The minimum Gasteiger partial charge on any atom is -0.494 e. The molecule has 3 fully saturated rings. The monoisotopic (exact) mass is 629 g/mol. The number of ether oxygens (including phenoxy) is 2. The standard InChI is InChI=1S/C41H59NO4/c1-5-42(6-2)40(44)34-15-9-12-31(27-34)28-39(43)33-14-8-11-30(26-33)25-32-13-10-24-41(29-32,35-16-20-37(45-4)21-17-35)36-18-22-38(23-19-36)46-7-3/h8,11,14,18-19,22-23,26,31-32,34-35,37H,5-7,9-10,12-13,15-17,20-21,24-25,27-29H2,1-4H3/t31?,32-,34?,35?,37?,41?/m1/s1. The van der Waals surface area contributed by atoms with Crippen LogP contribution in [0.3, 0.4) is 0 Å². The maximum absolute atomic E-state index is 13.6. The van der Waals surface area contributed by atoms with Gasteiger partial charge in [0.05, 0.1) is 12.7 Å². The summed E-state index contributed by atoms with van der Waals surface area (Å²) < 4.78 is 11.6. The van der Waals surface area contributed by atoms with Crippen molar-refractivity contribution in [2.24, 2.45) is 23.7 Å². The average molecular weight is 630 g/mol. The first-order valence-corrected chi connectivity index (χ1v) is 18.6. The quantitative estimate of drug-likeness (QED) is 0.207. The highest BCUT2D eigenvalue weighted by Crippen LogP contribution is 2.52. The van der Waals surface area contributed by atoms with Crippen LogP contribution < -0.4 is 4.74 Å². The van der Waals surface area contributed by atoms with Gasteiger partial charge in [0.15, 0.2) is 5.78 Å². The Balaban J connectivity index is 1.27. The van der Waals surface area contributed by atoms with Crippen molar-refractivity contribution in [3.8, 4) is 5.75 Å². The lowest BCUT2D eigenvalue weighted by molar-refractivity contribution is -0.136. The summed E-state index contributed by atoms with van der Waals surface area (Å²) in [6.45, 7) is 8.36. The summed E-state index contributed by atoms with van der Waals surface area (Å²) in [6.07, 6.45) is 15.6. The maximum atomic E-state index is 13.6. The molecule has 0 heterocycles. The normalized spacial score (nSPS) is 28.4. The van der Waals surface area contributed by atoms with E-state index in [4.69, 9.17) is 9.47 Å². The summed E-state index contributed by atoms with van der Waals surface area (Å²) >= 11 is 0. The van der Waals surface area contributed by atoms with Crippen LogP contribution in [0.1, 0.15) is 126 Å². The van der Waals surface area contributed by atoms with Crippen LogP contribution in [0.2, 0.25) is 0 Å². The minimum atomic E-state index is 0.0734. The van der Waals surface area contributed by atoms with Gasteiger partial charge in [0.25, 0.3) is 0 Å². The molecule has 252 valence electrons.